The fourth-order valence-corrected chi connectivity index (χ4v) is 2.81. The van der Waals surface area contributed by atoms with Crippen LogP contribution < -0.4 is 22.2 Å². The Hall–Kier alpha value is -3.07. The van der Waals surface area contributed by atoms with Crippen LogP contribution in [0.15, 0.2) is 46.6 Å². The molecule has 1 aromatic carbocycles. The second kappa shape index (κ2) is 10.9. The fraction of sp³-hybridized carbons (Fsp3) is 0.421. The first kappa shape index (κ1) is 21.2. The predicted octanol–water partition coefficient (Wildman–Crippen LogP) is -0.00620. The van der Waals surface area contributed by atoms with Crippen LogP contribution in [0, 0.1) is 0 Å². The van der Waals surface area contributed by atoms with Gasteiger partial charge in [0.05, 0.1) is 13.0 Å². The summed E-state index contributed by atoms with van der Waals surface area (Å²) in [6, 6.07) is 10.1. The molecule has 0 bridgehead atoms. The quantitative estimate of drug-likeness (QED) is 0.193. The standard InChI is InChI=1S/C19H28N6O3/c1-14-8-11-25(23-9-7-15-5-3-2-4-6-15)18(27)16(14)13-17(26)22-10-12-28-24-19(20)21/h2-6,23H,7-13H2,1H3,(H,22,26)(H4,20,21,24). The highest BCUT2D eigenvalue weighted by Crippen LogP contribution is 2.20. The van der Waals surface area contributed by atoms with Crippen LogP contribution in [0.2, 0.25) is 0 Å². The van der Waals surface area contributed by atoms with Gasteiger partial charge in [0.15, 0.2) is 0 Å². The third-order valence-corrected chi connectivity index (χ3v) is 4.31. The molecule has 0 aliphatic carbocycles. The maximum atomic E-state index is 12.7. The van der Waals surface area contributed by atoms with Gasteiger partial charge in [-0.1, -0.05) is 35.9 Å². The number of amides is 2. The van der Waals surface area contributed by atoms with Gasteiger partial charge in [-0.05, 0) is 30.5 Å². The monoisotopic (exact) mass is 388 g/mol. The molecule has 0 atom stereocenters. The van der Waals surface area contributed by atoms with E-state index in [1.807, 2.05) is 25.1 Å². The average Bonchev–Trinajstić information content (AvgIpc) is 2.67. The number of guanidine groups is 1. The largest absolute Gasteiger partial charge is 0.391 e. The van der Waals surface area contributed by atoms with Gasteiger partial charge >= 0.3 is 0 Å². The summed E-state index contributed by atoms with van der Waals surface area (Å²) in [6.07, 6.45) is 1.59. The number of carbonyl (C=O) groups is 2. The number of rotatable bonds is 10. The van der Waals surface area contributed by atoms with Crippen LogP contribution in [0.25, 0.3) is 0 Å². The van der Waals surface area contributed by atoms with Gasteiger partial charge in [0, 0.05) is 18.7 Å². The minimum Gasteiger partial charge on any atom is -0.391 e. The van der Waals surface area contributed by atoms with Gasteiger partial charge in [0.25, 0.3) is 5.91 Å². The molecule has 0 saturated carbocycles. The summed E-state index contributed by atoms with van der Waals surface area (Å²) in [5.41, 5.74) is 16.1. The highest BCUT2D eigenvalue weighted by Gasteiger charge is 2.26. The molecule has 0 unspecified atom stereocenters. The molecule has 0 radical (unpaired) electrons. The van der Waals surface area contributed by atoms with E-state index in [9.17, 15) is 9.59 Å². The lowest BCUT2D eigenvalue weighted by atomic mass is 9.98. The number of nitrogens with two attached hydrogens (primary N) is 2. The summed E-state index contributed by atoms with van der Waals surface area (Å²) in [6.45, 7) is 3.52. The second-order valence-electron chi connectivity index (χ2n) is 6.49. The van der Waals surface area contributed by atoms with Crippen molar-refractivity contribution in [3.8, 4) is 0 Å². The van der Waals surface area contributed by atoms with Crippen LogP contribution in [-0.4, -0.2) is 49.0 Å². The minimum absolute atomic E-state index is 0.0316. The third-order valence-electron chi connectivity index (χ3n) is 4.31. The van der Waals surface area contributed by atoms with Crippen LogP contribution in [0.4, 0.5) is 0 Å². The summed E-state index contributed by atoms with van der Waals surface area (Å²) >= 11 is 0. The molecule has 0 aromatic heterocycles. The lowest BCUT2D eigenvalue weighted by molar-refractivity contribution is -0.132. The van der Waals surface area contributed by atoms with Crippen LogP contribution in [-0.2, 0) is 20.8 Å². The highest BCUT2D eigenvalue weighted by atomic mass is 16.6. The summed E-state index contributed by atoms with van der Waals surface area (Å²) < 4.78 is 0. The van der Waals surface area contributed by atoms with Gasteiger partial charge < -0.3 is 21.6 Å². The van der Waals surface area contributed by atoms with E-state index in [2.05, 4.69) is 28.0 Å². The first-order chi connectivity index (χ1) is 13.5. The van der Waals surface area contributed by atoms with E-state index in [0.29, 0.717) is 18.7 Å². The molecule has 1 aromatic rings. The van der Waals surface area contributed by atoms with Crippen molar-refractivity contribution in [1.29, 1.82) is 0 Å². The van der Waals surface area contributed by atoms with Crippen molar-refractivity contribution in [2.24, 2.45) is 16.6 Å². The van der Waals surface area contributed by atoms with E-state index in [4.69, 9.17) is 16.3 Å². The average molecular weight is 388 g/mol. The molecule has 9 nitrogen and oxygen atoms in total. The van der Waals surface area contributed by atoms with Crippen LogP contribution in [0.3, 0.4) is 0 Å². The normalized spacial score (nSPS) is 14.0. The van der Waals surface area contributed by atoms with E-state index >= 15 is 0 Å². The number of hydrazine groups is 1. The first-order valence-corrected chi connectivity index (χ1v) is 9.23. The minimum atomic E-state index is -0.248. The summed E-state index contributed by atoms with van der Waals surface area (Å²) in [5.74, 6) is -0.578. The lowest BCUT2D eigenvalue weighted by Crippen LogP contribution is -2.48. The third kappa shape index (κ3) is 6.92. The van der Waals surface area contributed by atoms with Gasteiger partial charge in [-0.25, -0.2) is 5.43 Å². The van der Waals surface area contributed by atoms with Gasteiger partial charge in [0.1, 0.15) is 6.61 Å². The Labute approximate surface area is 164 Å². The molecular weight excluding hydrogens is 360 g/mol. The van der Waals surface area contributed by atoms with Crippen LogP contribution >= 0.6 is 0 Å². The number of benzene rings is 1. The molecule has 0 fully saturated rings. The van der Waals surface area contributed by atoms with E-state index in [0.717, 1.165) is 18.4 Å². The van der Waals surface area contributed by atoms with E-state index in [-0.39, 0.29) is 37.3 Å². The number of hydrogen-bond donors (Lipinski definition) is 4. The SMILES string of the molecule is CC1=C(CC(=O)NCCON=C(N)N)C(=O)N(NCCc2ccccc2)CC1. The van der Waals surface area contributed by atoms with Gasteiger partial charge in [-0.2, -0.15) is 0 Å². The Kier molecular flexibility index (Phi) is 8.29. The zero-order valence-electron chi connectivity index (χ0n) is 16.1. The van der Waals surface area contributed by atoms with Crippen LogP contribution in [0.1, 0.15) is 25.3 Å². The predicted molar refractivity (Wildman–Crippen MR) is 107 cm³/mol. The molecule has 0 spiro atoms. The molecule has 2 amide bonds. The first-order valence-electron chi connectivity index (χ1n) is 9.23. The Morgan fingerprint density at radius 1 is 1.25 bits per heavy atom. The van der Waals surface area contributed by atoms with Gasteiger partial charge in [-0.3, -0.25) is 14.6 Å². The fourth-order valence-electron chi connectivity index (χ4n) is 2.81. The number of nitrogens with one attached hydrogen (secondary N) is 2. The molecule has 2 rings (SSSR count). The molecule has 28 heavy (non-hydrogen) atoms. The molecule has 6 N–H and O–H groups in total. The molecule has 1 heterocycles. The van der Waals surface area contributed by atoms with Gasteiger partial charge in [-0.15, -0.1) is 0 Å². The Morgan fingerprint density at radius 2 is 2.00 bits per heavy atom. The molecule has 1 aliphatic rings. The Morgan fingerprint density at radius 3 is 2.71 bits per heavy atom. The van der Waals surface area contributed by atoms with E-state index in [1.165, 1.54) is 5.56 Å². The van der Waals surface area contributed by atoms with E-state index in [1.54, 1.807) is 5.01 Å². The topological polar surface area (TPSA) is 135 Å². The molecule has 1 aliphatic heterocycles. The van der Waals surface area contributed by atoms with Crippen molar-refractivity contribution in [3.63, 3.8) is 0 Å². The summed E-state index contributed by atoms with van der Waals surface area (Å²) in [7, 11) is 0. The van der Waals surface area contributed by atoms with E-state index < -0.39 is 0 Å². The number of hydrogen-bond acceptors (Lipinski definition) is 5. The molecular formula is C19H28N6O3. The molecule has 9 heteroatoms. The van der Waals surface area contributed by atoms with Crippen LogP contribution in [0.5, 0.6) is 0 Å². The maximum absolute atomic E-state index is 12.7. The van der Waals surface area contributed by atoms with Crippen molar-refractivity contribution >= 4 is 17.8 Å². The Bertz CT molecular complexity index is 728. The highest BCUT2D eigenvalue weighted by molar-refractivity contribution is 5.99. The number of oxime groups is 1. The molecule has 0 saturated heterocycles. The second-order valence-corrected chi connectivity index (χ2v) is 6.49. The van der Waals surface area contributed by atoms with Crippen molar-refractivity contribution in [2.75, 3.05) is 26.2 Å². The summed E-state index contributed by atoms with van der Waals surface area (Å²) in [5, 5.41) is 7.65. The lowest BCUT2D eigenvalue weighted by Gasteiger charge is -2.30. The Balaban J connectivity index is 1.78. The summed E-state index contributed by atoms with van der Waals surface area (Å²) in [4.78, 5) is 29.6. The smallest absolute Gasteiger partial charge is 0.264 e. The zero-order valence-corrected chi connectivity index (χ0v) is 16.1. The zero-order chi connectivity index (χ0) is 20.4. The number of carbonyl (C=O) groups excluding carboxylic acids is 2. The van der Waals surface area contributed by atoms with Crippen molar-refractivity contribution in [3.05, 3.63) is 47.0 Å². The maximum Gasteiger partial charge on any atom is 0.264 e. The van der Waals surface area contributed by atoms with Crippen molar-refractivity contribution < 1.29 is 14.4 Å². The number of nitrogens with zero attached hydrogens (tertiary/aromatic N) is 2. The molecule has 152 valence electrons. The van der Waals surface area contributed by atoms with Crippen molar-refractivity contribution in [1.82, 2.24) is 15.8 Å². The van der Waals surface area contributed by atoms with Gasteiger partial charge in [0.2, 0.25) is 11.9 Å². The van der Waals surface area contributed by atoms with Crippen molar-refractivity contribution in [2.45, 2.75) is 26.2 Å².